The van der Waals surface area contributed by atoms with Crippen LogP contribution in [0.5, 0.6) is 0 Å². The molecular formula is C9H18F6O2. The molecule has 0 aliphatic heterocycles. The van der Waals surface area contributed by atoms with E-state index in [-0.39, 0.29) is 19.6 Å². The second kappa shape index (κ2) is 15.5. The van der Waals surface area contributed by atoms with Crippen molar-refractivity contribution in [2.75, 3.05) is 27.3 Å². The van der Waals surface area contributed by atoms with Crippen molar-refractivity contribution in [3.63, 3.8) is 0 Å². The lowest BCUT2D eigenvalue weighted by atomic mass is 10.1. The van der Waals surface area contributed by atoms with E-state index in [1.54, 1.807) is 6.92 Å². The number of alkyl halides is 5. The van der Waals surface area contributed by atoms with Crippen LogP contribution in [0.1, 0.15) is 20.3 Å². The average Bonchev–Trinajstić information content (AvgIpc) is 2.25. The molecular weight excluding hydrogens is 254 g/mol. The zero-order valence-electron chi connectivity index (χ0n) is 9.99. The van der Waals surface area contributed by atoms with Crippen molar-refractivity contribution < 1.29 is 36.2 Å². The Morgan fingerprint density at radius 1 is 1.12 bits per heavy atom. The lowest BCUT2D eigenvalue weighted by molar-refractivity contribution is -0.186. The SMILES string of the molecule is CCC(COC)C(F)(F)F.CCOF.FCF. The van der Waals surface area contributed by atoms with Gasteiger partial charge in [0, 0.05) is 7.11 Å². The molecule has 0 rings (SSSR count). The normalized spacial score (nSPS) is 11.8. The highest BCUT2D eigenvalue weighted by molar-refractivity contribution is 4.64. The molecule has 1 unspecified atom stereocenters. The molecule has 2 nitrogen and oxygen atoms in total. The Bertz CT molecular complexity index is 129. The van der Waals surface area contributed by atoms with Crippen LogP contribution >= 0.6 is 0 Å². The summed E-state index contributed by atoms with van der Waals surface area (Å²) in [7, 11) is 1.27. The number of halogens is 6. The zero-order valence-corrected chi connectivity index (χ0v) is 9.99. The predicted molar refractivity (Wildman–Crippen MR) is 51.5 cm³/mol. The van der Waals surface area contributed by atoms with Gasteiger partial charge in [0.2, 0.25) is 6.93 Å². The molecule has 0 aromatic heterocycles. The monoisotopic (exact) mass is 272 g/mol. The number of rotatable bonds is 4. The minimum atomic E-state index is -4.11. The minimum Gasteiger partial charge on any atom is -0.384 e. The molecule has 0 aromatic rings. The molecule has 1 atom stereocenters. The molecule has 0 radical (unpaired) electrons. The van der Waals surface area contributed by atoms with Crippen LogP contribution < -0.4 is 0 Å². The van der Waals surface area contributed by atoms with Gasteiger partial charge >= 0.3 is 6.18 Å². The van der Waals surface area contributed by atoms with Gasteiger partial charge in [0.05, 0.1) is 19.1 Å². The third-order valence-corrected chi connectivity index (χ3v) is 1.43. The molecule has 0 saturated heterocycles. The molecule has 0 aliphatic carbocycles. The lowest BCUT2D eigenvalue weighted by Crippen LogP contribution is -2.26. The van der Waals surface area contributed by atoms with Gasteiger partial charge in [-0.3, -0.25) is 0 Å². The first-order valence-corrected chi connectivity index (χ1v) is 4.76. The summed E-state index contributed by atoms with van der Waals surface area (Å²) >= 11 is 0. The lowest BCUT2D eigenvalue weighted by Gasteiger charge is -2.16. The van der Waals surface area contributed by atoms with E-state index in [2.05, 4.69) is 9.68 Å². The molecule has 0 spiro atoms. The van der Waals surface area contributed by atoms with Gasteiger partial charge in [0.15, 0.2) is 0 Å². The number of hydrogen-bond donors (Lipinski definition) is 0. The van der Waals surface area contributed by atoms with Gasteiger partial charge in [-0.15, -0.1) is 0 Å². The van der Waals surface area contributed by atoms with E-state index in [4.69, 9.17) is 0 Å². The standard InChI is InChI=1S/C6H11F3O.C2H5FO.CH2F2/c1-3-5(4-10-2)6(7,8)9;1-2-4-3;2-1-3/h5H,3-4H2,1-2H3;2H2,1H3;1H2. The first-order valence-electron chi connectivity index (χ1n) is 4.76. The Morgan fingerprint density at radius 3 is 1.53 bits per heavy atom. The van der Waals surface area contributed by atoms with E-state index in [1.165, 1.54) is 14.0 Å². The highest BCUT2D eigenvalue weighted by Gasteiger charge is 2.37. The molecule has 0 aliphatic rings. The fraction of sp³-hybridized carbons (Fsp3) is 1.00. The Balaban J connectivity index is -0.000000232. The summed E-state index contributed by atoms with van der Waals surface area (Å²) in [6.07, 6.45) is -4.03. The molecule has 8 heteroatoms. The second-order valence-electron chi connectivity index (χ2n) is 2.60. The molecule has 0 fully saturated rings. The third kappa shape index (κ3) is 21.4. The second-order valence-corrected chi connectivity index (χ2v) is 2.60. The van der Waals surface area contributed by atoms with Crippen LogP contribution in [-0.4, -0.2) is 33.4 Å². The maximum absolute atomic E-state index is 11.8. The van der Waals surface area contributed by atoms with E-state index in [1.807, 2.05) is 0 Å². The van der Waals surface area contributed by atoms with Crippen LogP contribution in [0.15, 0.2) is 0 Å². The topological polar surface area (TPSA) is 18.5 Å². The summed E-state index contributed by atoms with van der Waals surface area (Å²) in [4.78, 5) is 3.04. The van der Waals surface area contributed by atoms with Crippen LogP contribution in [0.2, 0.25) is 0 Å². The molecule has 0 amide bonds. The highest BCUT2D eigenvalue weighted by atomic mass is 19.4. The highest BCUT2D eigenvalue weighted by Crippen LogP contribution is 2.28. The van der Waals surface area contributed by atoms with Gasteiger partial charge in [-0.2, -0.15) is 18.1 Å². The summed E-state index contributed by atoms with van der Waals surface area (Å²) in [5, 5.41) is 0. The quantitative estimate of drug-likeness (QED) is 0.720. The number of methoxy groups -OCH3 is 1. The number of hydrogen-bond acceptors (Lipinski definition) is 2. The van der Waals surface area contributed by atoms with E-state index in [0.717, 1.165) is 0 Å². The minimum absolute atomic E-state index is 0.0807. The Morgan fingerprint density at radius 2 is 1.47 bits per heavy atom. The predicted octanol–water partition coefficient (Wildman–Crippen LogP) is 4.01. The van der Waals surface area contributed by atoms with Crippen molar-refractivity contribution in [2.45, 2.75) is 26.4 Å². The Labute approximate surface area is 96.8 Å². The maximum Gasteiger partial charge on any atom is 0.394 e. The van der Waals surface area contributed by atoms with Crippen molar-refractivity contribution in [3.05, 3.63) is 0 Å². The van der Waals surface area contributed by atoms with Crippen LogP contribution in [-0.2, 0) is 9.68 Å². The van der Waals surface area contributed by atoms with Gasteiger partial charge < -0.3 is 4.74 Å². The third-order valence-electron chi connectivity index (χ3n) is 1.43. The molecule has 0 heterocycles. The van der Waals surface area contributed by atoms with Crippen LogP contribution in [0.25, 0.3) is 0 Å². The number of ether oxygens (including phenoxy) is 1. The van der Waals surface area contributed by atoms with Crippen molar-refractivity contribution in [2.24, 2.45) is 5.92 Å². The van der Waals surface area contributed by atoms with Crippen molar-refractivity contribution >= 4 is 0 Å². The summed E-state index contributed by atoms with van der Waals surface area (Å²) in [6.45, 7) is 1.25. The first-order chi connectivity index (χ1) is 7.85. The fourth-order valence-electron chi connectivity index (χ4n) is 0.645. The summed E-state index contributed by atoms with van der Waals surface area (Å²) in [5.41, 5.74) is 0. The van der Waals surface area contributed by atoms with E-state index in [9.17, 15) is 26.5 Å². The van der Waals surface area contributed by atoms with Crippen LogP contribution in [0, 0.1) is 5.92 Å². The Kier molecular flexibility index (Phi) is 19.8. The van der Waals surface area contributed by atoms with Gasteiger partial charge in [-0.05, 0) is 17.9 Å². The van der Waals surface area contributed by atoms with Crippen LogP contribution in [0.4, 0.5) is 26.5 Å². The molecule has 0 bridgehead atoms. The van der Waals surface area contributed by atoms with Crippen molar-refractivity contribution in [1.29, 1.82) is 0 Å². The molecule has 0 N–H and O–H groups in total. The summed E-state index contributed by atoms with van der Waals surface area (Å²) in [5.74, 6) is -1.31. The van der Waals surface area contributed by atoms with Gasteiger partial charge in [0.1, 0.15) is 0 Å². The van der Waals surface area contributed by atoms with E-state index in [0.29, 0.717) is 0 Å². The fourth-order valence-corrected chi connectivity index (χ4v) is 0.645. The van der Waals surface area contributed by atoms with E-state index < -0.39 is 19.0 Å². The zero-order chi connectivity index (χ0) is 14.3. The van der Waals surface area contributed by atoms with Crippen LogP contribution in [0.3, 0.4) is 0 Å². The molecule has 17 heavy (non-hydrogen) atoms. The largest absolute Gasteiger partial charge is 0.394 e. The van der Waals surface area contributed by atoms with Gasteiger partial charge in [0.25, 0.3) is 0 Å². The molecule has 0 saturated carbocycles. The molecule has 108 valence electrons. The smallest absolute Gasteiger partial charge is 0.384 e. The summed E-state index contributed by atoms with van der Waals surface area (Å²) in [6, 6.07) is 0. The van der Waals surface area contributed by atoms with Gasteiger partial charge in [-0.1, -0.05) is 6.92 Å². The maximum atomic E-state index is 11.8. The van der Waals surface area contributed by atoms with Crippen molar-refractivity contribution in [1.82, 2.24) is 0 Å². The van der Waals surface area contributed by atoms with E-state index >= 15 is 0 Å². The molecule has 0 aromatic carbocycles. The first kappa shape index (κ1) is 21.8. The summed E-state index contributed by atoms with van der Waals surface area (Å²) < 4.78 is 69.4. The van der Waals surface area contributed by atoms with Crippen molar-refractivity contribution in [3.8, 4) is 0 Å². The average molecular weight is 272 g/mol. The van der Waals surface area contributed by atoms with Gasteiger partial charge in [-0.25, -0.2) is 8.78 Å². The Hall–Kier alpha value is -0.500.